The van der Waals surface area contributed by atoms with E-state index in [1.165, 1.54) is 44.5 Å². The van der Waals surface area contributed by atoms with Crippen LogP contribution in [0.4, 0.5) is 34.1 Å². The highest BCUT2D eigenvalue weighted by Gasteiger charge is 2.35. The summed E-state index contributed by atoms with van der Waals surface area (Å²) in [6, 6.07) is 87.5. The second kappa shape index (κ2) is 16.0. The van der Waals surface area contributed by atoms with Crippen LogP contribution in [0.1, 0.15) is 25.0 Å². The average molecular weight is 847 g/mol. The minimum absolute atomic E-state index is 0.109. The summed E-state index contributed by atoms with van der Waals surface area (Å²) in [7, 11) is 0. The van der Waals surface area contributed by atoms with Crippen molar-refractivity contribution in [3.05, 3.63) is 254 Å². The monoisotopic (exact) mass is 846 g/mol. The van der Waals surface area contributed by atoms with Gasteiger partial charge in [0, 0.05) is 50.3 Å². The zero-order valence-corrected chi connectivity index (χ0v) is 36.9. The molecule has 0 saturated carbocycles. The smallest absolute Gasteiger partial charge is 0.135 e. The molecule has 3 nitrogen and oxygen atoms in total. The predicted molar refractivity (Wildman–Crippen MR) is 277 cm³/mol. The van der Waals surface area contributed by atoms with Gasteiger partial charge in [-0.05, 0) is 141 Å². The molecule has 12 rings (SSSR count). The van der Waals surface area contributed by atoms with Crippen LogP contribution < -0.4 is 9.80 Å². The minimum Gasteiger partial charge on any atom is -0.456 e. The Morgan fingerprint density at radius 1 is 0.288 bits per heavy atom. The third kappa shape index (κ3) is 6.85. The van der Waals surface area contributed by atoms with Crippen molar-refractivity contribution in [3.8, 4) is 44.5 Å². The summed E-state index contributed by atoms with van der Waals surface area (Å²) in [6.07, 6.45) is 0. The SMILES string of the molecule is CC1(C)c2ccccc2-c2ccc(N(c3ccc(-c4ccccc4)cc3)c3ccc(-c4ccc(N(c5ccc(-c6ccccc6)cc5)c5ccc6oc7ccccc7c6c5)cc4)cc3)cc21. The fraction of sp³-hybridized carbons (Fsp3) is 0.0476. The van der Waals surface area contributed by atoms with E-state index in [4.69, 9.17) is 4.42 Å². The highest BCUT2D eigenvalue weighted by molar-refractivity contribution is 6.06. The Morgan fingerprint density at radius 2 is 0.667 bits per heavy atom. The highest BCUT2D eigenvalue weighted by Crippen LogP contribution is 2.51. The van der Waals surface area contributed by atoms with Crippen molar-refractivity contribution in [2.45, 2.75) is 19.3 Å². The van der Waals surface area contributed by atoms with Crippen LogP contribution >= 0.6 is 0 Å². The molecule has 0 amide bonds. The Kier molecular flexibility index (Phi) is 9.50. The third-order valence-electron chi connectivity index (χ3n) is 13.5. The summed E-state index contributed by atoms with van der Waals surface area (Å²) in [5.74, 6) is 0. The molecule has 0 radical (unpaired) electrons. The number of para-hydroxylation sites is 1. The Hall–Kier alpha value is -8.40. The summed E-state index contributed by atoms with van der Waals surface area (Å²) < 4.78 is 6.24. The van der Waals surface area contributed by atoms with Crippen LogP contribution in [0, 0.1) is 0 Å². The van der Waals surface area contributed by atoms with Gasteiger partial charge in [-0.1, -0.05) is 172 Å². The molecular formula is C63H46N2O. The van der Waals surface area contributed by atoms with E-state index in [1.807, 2.05) is 12.1 Å². The first kappa shape index (κ1) is 39.2. The molecule has 0 bridgehead atoms. The quantitative estimate of drug-likeness (QED) is 0.144. The molecule has 0 spiro atoms. The second-order valence-electron chi connectivity index (χ2n) is 17.8. The van der Waals surface area contributed by atoms with E-state index in [1.54, 1.807) is 0 Å². The van der Waals surface area contributed by atoms with Gasteiger partial charge in [0.05, 0.1) is 0 Å². The first-order valence-electron chi connectivity index (χ1n) is 22.7. The second-order valence-corrected chi connectivity index (χ2v) is 17.8. The predicted octanol–water partition coefficient (Wildman–Crippen LogP) is 17.8. The van der Waals surface area contributed by atoms with Gasteiger partial charge in [0.25, 0.3) is 0 Å². The summed E-state index contributed by atoms with van der Waals surface area (Å²) in [5, 5.41) is 2.21. The number of anilines is 6. The van der Waals surface area contributed by atoms with E-state index in [2.05, 4.69) is 254 Å². The average Bonchev–Trinajstić information content (AvgIpc) is 3.86. The number of rotatable bonds is 9. The topological polar surface area (TPSA) is 19.6 Å². The largest absolute Gasteiger partial charge is 0.456 e. The molecule has 1 aromatic heterocycles. The van der Waals surface area contributed by atoms with Crippen LogP contribution in [0.2, 0.25) is 0 Å². The third-order valence-corrected chi connectivity index (χ3v) is 13.5. The molecule has 1 heterocycles. The first-order valence-corrected chi connectivity index (χ1v) is 22.7. The normalized spacial score (nSPS) is 12.5. The van der Waals surface area contributed by atoms with Crippen LogP contribution in [0.15, 0.2) is 247 Å². The lowest BCUT2D eigenvalue weighted by atomic mass is 9.82. The van der Waals surface area contributed by atoms with Crippen LogP contribution in [0.3, 0.4) is 0 Å². The van der Waals surface area contributed by atoms with Gasteiger partial charge in [-0.15, -0.1) is 0 Å². The lowest BCUT2D eigenvalue weighted by Gasteiger charge is -2.28. The Balaban J connectivity index is 0.900. The lowest BCUT2D eigenvalue weighted by molar-refractivity contribution is 0.660. The number of hydrogen-bond acceptors (Lipinski definition) is 3. The van der Waals surface area contributed by atoms with Gasteiger partial charge >= 0.3 is 0 Å². The van der Waals surface area contributed by atoms with Gasteiger partial charge in [-0.25, -0.2) is 0 Å². The number of fused-ring (bicyclic) bond motifs is 6. The molecule has 0 N–H and O–H groups in total. The lowest BCUT2D eigenvalue weighted by Crippen LogP contribution is -2.16. The molecule has 0 fully saturated rings. The molecule has 1 aliphatic rings. The maximum Gasteiger partial charge on any atom is 0.135 e. The molecule has 66 heavy (non-hydrogen) atoms. The van der Waals surface area contributed by atoms with Crippen LogP contribution in [0.5, 0.6) is 0 Å². The van der Waals surface area contributed by atoms with Gasteiger partial charge in [-0.3, -0.25) is 0 Å². The van der Waals surface area contributed by atoms with E-state index >= 15 is 0 Å². The zero-order valence-electron chi connectivity index (χ0n) is 36.9. The number of nitrogens with zero attached hydrogens (tertiary/aromatic N) is 2. The molecule has 314 valence electrons. The molecule has 0 saturated heterocycles. The van der Waals surface area contributed by atoms with Gasteiger partial charge in [0.1, 0.15) is 11.2 Å². The standard InChI is InChI=1S/C63H46N2O/c1-63(2)59-19-11-9-17-55(59)56-39-37-54(42-60(56)63)65(51-31-23-46(24-32-51)44-15-7-4-8-16-44)52-35-27-48(28-36-52)47-25-33-50(34-26-47)64(49-29-21-45(22-30-49)43-13-5-3-6-14-43)53-38-40-62-58(41-53)57-18-10-12-20-61(57)66-62/h3-42H,1-2H3. The molecule has 0 atom stereocenters. The van der Waals surface area contributed by atoms with Gasteiger partial charge in [0.15, 0.2) is 0 Å². The van der Waals surface area contributed by atoms with Crippen molar-refractivity contribution >= 4 is 56.1 Å². The summed E-state index contributed by atoms with van der Waals surface area (Å²) >= 11 is 0. The van der Waals surface area contributed by atoms with Crippen LogP contribution in [0.25, 0.3) is 66.4 Å². The summed E-state index contributed by atoms with van der Waals surface area (Å²) in [6.45, 7) is 4.70. The Labute approximate surface area is 386 Å². The fourth-order valence-electron chi connectivity index (χ4n) is 10.1. The molecule has 0 unspecified atom stereocenters. The van der Waals surface area contributed by atoms with Gasteiger partial charge in [0.2, 0.25) is 0 Å². The fourth-order valence-corrected chi connectivity index (χ4v) is 10.1. The van der Waals surface area contributed by atoms with Crippen molar-refractivity contribution < 1.29 is 4.42 Å². The van der Waals surface area contributed by atoms with Gasteiger partial charge in [-0.2, -0.15) is 0 Å². The van der Waals surface area contributed by atoms with Crippen molar-refractivity contribution in [2.24, 2.45) is 0 Å². The molecule has 0 aliphatic heterocycles. The van der Waals surface area contributed by atoms with Crippen LogP contribution in [-0.4, -0.2) is 0 Å². The van der Waals surface area contributed by atoms with Crippen molar-refractivity contribution in [2.75, 3.05) is 9.80 Å². The van der Waals surface area contributed by atoms with E-state index < -0.39 is 0 Å². The maximum absolute atomic E-state index is 6.24. The van der Waals surface area contributed by atoms with E-state index in [0.29, 0.717) is 0 Å². The minimum atomic E-state index is -0.109. The zero-order chi connectivity index (χ0) is 44.2. The molecular weight excluding hydrogens is 801 g/mol. The van der Waals surface area contributed by atoms with Crippen LogP contribution in [-0.2, 0) is 5.41 Å². The first-order chi connectivity index (χ1) is 32.5. The van der Waals surface area contributed by atoms with Crippen molar-refractivity contribution in [3.63, 3.8) is 0 Å². The molecule has 3 heteroatoms. The van der Waals surface area contributed by atoms with E-state index in [0.717, 1.165) is 67.2 Å². The summed E-state index contributed by atoms with van der Waals surface area (Å²) in [5.41, 5.74) is 20.7. The molecule has 11 aromatic rings. The highest BCUT2D eigenvalue weighted by atomic mass is 16.3. The van der Waals surface area contributed by atoms with E-state index in [9.17, 15) is 0 Å². The number of furan rings is 1. The van der Waals surface area contributed by atoms with Gasteiger partial charge < -0.3 is 14.2 Å². The Morgan fingerprint density at radius 3 is 1.20 bits per heavy atom. The maximum atomic E-state index is 6.24. The van der Waals surface area contributed by atoms with Crippen molar-refractivity contribution in [1.29, 1.82) is 0 Å². The number of hydrogen-bond donors (Lipinski definition) is 0. The Bertz CT molecular complexity index is 3520. The summed E-state index contributed by atoms with van der Waals surface area (Å²) in [4.78, 5) is 4.72. The van der Waals surface area contributed by atoms with Crippen molar-refractivity contribution in [1.82, 2.24) is 0 Å². The molecule has 10 aromatic carbocycles. The molecule has 1 aliphatic carbocycles. The number of benzene rings is 10. The van der Waals surface area contributed by atoms with E-state index in [-0.39, 0.29) is 5.41 Å².